The Morgan fingerprint density at radius 2 is 2.12 bits per heavy atom. The topological polar surface area (TPSA) is 26.0 Å². The number of benzene rings is 1. The number of halogens is 1. The Bertz CT molecular complexity index is 390. The highest BCUT2D eigenvalue weighted by Gasteiger charge is 2.34. The third kappa shape index (κ3) is 3.23. The third-order valence-electron chi connectivity index (χ3n) is 4.24. The molecule has 1 aliphatic carbocycles. The fourth-order valence-electron chi connectivity index (χ4n) is 2.96. The predicted octanol–water partition coefficient (Wildman–Crippen LogP) is 4.04. The summed E-state index contributed by atoms with van der Waals surface area (Å²) in [5.74, 6) is 1.54. The Labute approximate surface area is 109 Å². The minimum absolute atomic E-state index is 0.0311. The van der Waals surface area contributed by atoms with Crippen molar-refractivity contribution < 1.29 is 0 Å². The molecule has 1 nitrogen and oxygen atoms in total. The van der Waals surface area contributed by atoms with E-state index < -0.39 is 0 Å². The van der Waals surface area contributed by atoms with Crippen molar-refractivity contribution in [1.82, 2.24) is 0 Å². The monoisotopic (exact) mass is 251 g/mol. The van der Waals surface area contributed by atoms with Gasteiger partial charge in [-0.25, -0.2) is 0 Å². The summed E-state index contributed by atoms with van der Waals surface area (Å²) in [6, 6.07) is 8.10. The molecular formula is C15H22ClN. The molecule has 1 aliphatic rings. The van der Waals surface area contributed by atoms with Crippen molar-refractivity contribution in [1.29, 1.82) is 0 Å². The van der Waals surface area contributed by atoms with Gasteiger partial charge in [-0.15, -0.1) is 0 Å². The van der Waals surface area contributed by atoms with Gasteiger partial charge in [0.05, 0.1) is 0 Å². The Morgan fingerprint density at radius 3 is 2.76 bits per heavy atom. The molecule has 94 valence electrons. The molecular weight excluding hydrogens is 230 g/mol. The predicted molar refractivity (Wildman–Crippen MR) is 74.3 cm³/mol. The van der Waals surface area contributed by atoms with Crippen molar-refractivity contribution in [2.45, 2.75) is 45.1 Å². The third-order valence-corrected chi connectivity index (χ3v) is 4.48. The molecule has 0 aromatic heterocycles. The summed E-state index contributed by atoms with van der Waals surface area (Å²) >= 11 is 6.02. The van der Waals surface area contributed by atoms with Crippen LogP contribution in [0.3, 0.4) is 0 Å². The zero-order valence-corrected chi connectivity index (χ0v) is 11.5. The Kier molecular flexibility index (Phi) is 3.79. The van der Waals surface area contributed by atoms with Gasteiger partial charge in [0, 0.05) is 10.6 Å². The van der Waals surface area contributed by atoms with E-state index in [0.717, 1.165) is 36.1 Å². The summed E-state index contributed by atoms with van der Waals surface area (Å²) < 4.78 is 0. The highest BCUT2D eigenvalue weighted by Crippen LogP contribution is 2.36. The number of nitrogens with two attached hydrogens (primary N) is 1. The average Bonchev–Trinajstić information content (AvgIpc) is 2.24. The smallest absolute Gasteiger partial charge is 0.0408 e. The first-order valence-corrected chi connectivity index (χ1v) is 6.90. The van der Waals surface area contributed by atoms with Gasteiger partial charge in [-0.2, -0.15) is 0 Å². The van der Waals surface area contributed by atoms with Gasteiger partial charge in [-0.1, -0.05) is 37.6 Å². The van der Waals surface area contributed by atoms with Gasteiger partial charge in [-0.3, -0.25) is 0 Å². The van der Waals surface area contributed by atoms with Crippen molar-refractivity contribution >= 4 is 11.6 Å². The largest absolute Gasteiger partial charge is 0.325 e. The highest BCUT2D eigenvalue weighted by molar-refractivity contribution is 6.30. The first-order valence-electron chi connectivity index (χ1n) is 6.52. The van der Waals surface area contributed by atoms with E-state index in [1.54, 1.807) is 0 Å². The molecule has 2 heteroatoms. The van der Waals surface area contributed by atoms with E-state index in [2.05, 4.69) is 19.9 Å². The molecule has 0 heterocycles. The maximum absolute atomic E-state index is 6.55. The van der Waals surface area contributed by atoms with E-state index in [-0.39, 0.29) is 5.54 Å². The lowest BCUT2D eigenvalue weighted by atomic mass is 9.69. The molecule has 2 rings (SSSR count). The maximum atomic E-state index is 6.55. The van der Waals surface area contributed by atoms with Gasteiger partial charge in [0.15, 0.2) is 0 Å². The molecule has 0 bridgehead atoms. The fourth-order valence-corrected chi connectivity index (χ4v) is 3.17. The molecule has 0 spiro atoms. The molecule has 1 aromatic carbocycles. The first kappa shape index (κ1) is 12.9. The normalized spacial score (nSPS) is 33.6. The zero-order chi connectivity index (χ0) is 12.5. The lowest BCUT2D eigenvalue weighted by molar-refractivity contribution is 0.176. The molecule has 0 saturated heterocycles. The summed E-state index contributed by atoms with van der Waals surface area (Å²) in [5.41, 5.74) is 7.79. The minimum atomic E-state index is -0.0311. The van der Waals surface area contributed by atoms with Gasteiger partial charge in [0.25, 0.3) is 0 Å². The molecule has 0 radical (unpaired) electrons. The number of hydrogen-bond donors (Lipinski definition) is 1. The van der Waals surface area contributed by atoms with Crippen molar-refractivity contribution in [2.24, 2.45) is 17.6 Å². The molecule has 0 amide bonds. The van der Waals surface area contributed by atoms with Crippen LogP contribution in [-0.2, 0) is 6.42 Å². The van der Waals surface area contributed by atoms with E-state index in [0.29, 0.717) is 0 Å². The minimum Gasteiger partial charge on any atom is -0.325 e. The molecule has 3 unspecified atom stereocenters. The summed E-state index contributed by atoms with van der Waals surface area (Å²) in [6.45, 7) is 4.66. The molecule has 17 heavy (non-hydrogen) atoms. The number of hydrogen-bond acceptors (Lipinski definition) is 1. The van der Waals surface area contributed by atoms with E-state index >= 15 is 0 Å². The van der Waals surface area contributed by atoms with Crippen LogP contribution in [0.4, 0.5) is 0 Å². The van der Waals surface area contributed by atoms with E-state index in [4.69, 9.17) is 17.3 Å². The number of rotatable bonds is 2. The van der Waals surface area contributed by atoms with Gasteiger partial charge >= 0.3 is 0 Å². The van der Waals surface area contributed by atoms with Crippen LogP contribution in [0, 0.1) is 11.8 Å². The van der Waals surface area contributed by atoms with Crippen LogP contribution in [0.5, 0.6) is 0 Å². The van der Waals surface area contributed by atoms with Crippen LogP contribution in [0.1, 0.15) is 38.7 Å². The summed E-state index contributed by atoms with van der Waals surface area (Å²) in [6.07, 6.45) is 4.45. The molecule has 2 N–H and O–H groups in total. The maximum Gasteiger partial charge on any atom is 0.0408 e. The SMILES string of the molecule is CC1CCC(N)(Cc2cccc(Cl)c2)CC1C. The van der Waals surface area contributed by atoms with Crippen molar-refractivity contribution in [3.8, 4) is 0 Å². The average molecular weight is 252 g/mol. The van der Waals surface area contributed by atoms with Crippen LogP contribution in [0.25, 0.3) is 0 Å². The van der Waals surface area contributed by atoms with Crippen molar-refractivity contribution in [2.75, 3.05) is 0 Å². The quantitative estimate of drug-likeness (QED) is 0.844. The van der Waals surface area contributed by atoms with E-state index in [1.165, 1.54) is 12.0 Å². The molecule has 1 saturated carbocycles. The van der Waals surface area contributed by atoms with Crippen LogP contribution in [0.2, 0.25) is 5.02 Å². The Balaban J connectivity index is 2.07. The molecule has 1 aromatic rings. The van der Waals surface area contributed by atoms with Crippen molar-refractivity contribution in [3.05, 3.63) is 34.9 Å². The lowest BCUT2D eigenvalue weighted by Crippen LogP contribution is -2.47. The van der Waals surface area contributed by atoms with E-state index in [1.807, 2.05) is 18.2 Å². The summed E-state index contributed by atoms with van der Waals surface area (Å²) in [7, 11) is 0. The second kappa shape index (κ2) is 4.99. The lowest BCUT2D eigenvalue weighted by Gasteiger charge is -2.40. The van der Waals surface area contributed by atoms with Gasteiger partial charge in [0.2, 0.25) is 0 Å². The van der Waals surface area contributed by atoms with Crippen LogP contribution in [-0.4, -0.2) is 5.54 Å². The summed E-state index contributed by atoms with van der Waals surface area (Å²) in [5, 5.41) is 0.809. The van der Waals surface area contributed by atoms with Gasteiger partial charge in [0.1, 0.15) is 0 Å². The van der Waals surface area contributed by atoms with Crippen molar-refractivity contribution in [3.63, 3.8) is 0 Å². The van der Waals surface area contributed by atoms with Crippen LogP contribution < -0.4 is 5.73 Å². The highest BCUT2D eigenvalue weighted by atomic mass is 35.5. The molecule has 3 atom stereocenters. The first-order chi connectivity index (χ1) is 7.98. The standard InChI is InChI=1S/C15H22ClN/c1-11-6-7-15(17,9-12(11)2)10-13-4-3-5-14(16)8-13/h3-5,8,11-12H,6-7,9-10,17H2,1-2H3. The molecule has 1 fully saturated rings. The summed E-state index contributed by atoms with van der Waals surface area (Å²) in [4.78, 5) is 0. The Morgan fingerprint density at radius 1 is 1.35 bits per heavy atom. The van der Waals surface area contributed by atoms with Gasteiger partial charge in [-0.05, 0) is 55.2 Å². The second-order valence-corrected chi connectivity index (χ2v) is 6.30. The second-order valence-electron chi connectivity index (χ2n) is 5.87. The molecule has 0 aliphatic heterocycles. The van der Waals surface area contributed by atoms with Gasteiger partial charge < -0.3 is 5.73 Å². The van der Waals surface area contributed by atoms with E-state index in [9.17, 15) is 0 Å². The Hall–Kier alpha value is -0.530. The fraction of sp³-hybridized carbons (Fsp3) is 0.600. The van der Waals surface area contributed by atoms with Crippen LogP contribution >= 0.6 is 11.6 Å². The van der Waals surface area contributed by atoms with Crippen LogP contribution in [0.15, 0.2) is 24.3 Å². The zero-order valence-electron chi connectivity index (χ0n) is 10.7.